The van der Waals surface area contributed by atoms with Crippen LogP contribution in [0, 0.1) is 12.7 Å². The minimum atomic E-state index is -3.74. The number of carbonyl (C=O) groups is 1. The van der Waals surface area contributed by atoms with E-state index in [-0.39, 0.29) is 35.0 Å². The minimum absolute atomic E-state index is 0.0767. The molecule has 0 spiro atoms. The third-order valence-electron chi connectivity index (χ3n) is 6.93. The molecule has 1 fully saturated rings. The lowest BCUT2D eigenvalue weighted by Crippen LogP contribution is -2.47. The molecule has 1 aliphatic rings. The van der Waals surface area contributed by atoms with E-state index < -0.39 is 21.4 Å². The second-order valence-electron chi connectivity index (χ2n) is 11.7. The lowest BCUT2D eigenvalue weighted by Gasteiger charge is -2.34. The highest BCUT2D eigenvalue weighted by atomic mass is 32.2. The number of halogens is 1. The summed E-state index contributed by atoms with van der Waals surface area (Å²) in [6.07, 6.45) is 5.42. The lowest BCUT2D eigenvalue weighted by atomic mass is 10.0. The molecule has 2 aromatic heterocycles. The normalized spacial score (nSPS) is 15.6. The summed E-state index contributed by atoms with van der Waals surface area (Å²) in [6, 6.07) is 12.0. The van der Waals surface area contributed by atoms with Crippen LogP contribution in [0.15, 0.2) is 54.9 Å². The first-order valence-corrected chi connectivity index (χ1v) is 16.1. The van der Waals surface area contributed by atoms with Crippen molar-refractivity contribution in [1.82, 2.24) is 19.9 Å². The summed E-state index contributed by atoms with van der Waals surface area (Å²) in [5.74, 6) is 0.0107. The number of carbonyl (C=O) groups excluding carboxylic acids is 1. The van der Waals surface area contributed by atoms with Crippen molar-refractivity contribution in [1.29, 1.82) is 0 Å². The Labute approximate surface area is 255 Å². The number of hydrogen-bond donors (Lipinski definition) is 2. The van der Waals surface area contributed by atoms with E-state index in [2.05, 4.69) is 20.0 Å². The number of hydrogen-bond acceptors (Lipinski definition) is 9. The van der Waals surface area contributed by atoms with Crippen LogP contribution in [0.2, 0.25) is 0 Å². The Morgan fingerprint density at radius 2 is 1.82 bits per heavy atom. The highest BCUT2D eigenvalue weighted by Gasteiger charge is 2.28. The van der Waals surface area contributed by atoms with Crippen molar-refractivity contribution in [2.24, 2.45) is 0 Å². The number of nitrogens with zero attached hydrogens (tertiary/aromatic N) is 4. The van der Waals surface area contributed by atoms with Crippen LogP contribution in [0.1, 0.15) is 39.2 Å². The molecule has 232 valence electrons. The fourth-order valence-electron chi connectivity index (χ4n) is 5.04. The summed E-state index contributed by atoms with van der Waals surface area (Å²) in [5.41, 5.74) is 0.448. The fourth-order valence-corrected chi connectivity index (χ4v) is 5.61. The number of ether oxygens (including phenoxy) is 2. The maximum Gasteiger partial charge on any atom is 0.410 e. The molecule has 13 heteroatoms. The van der Waals surface area contributed by atoms with Gasteiger partial charge in [0.15, 0.2) is 5.82 Å². The number of likely N-dealkylation sites (tertiary alicyclic amines) is 1. The number of aromatic nitrogens is 3. The van der Waals surface area contributed by atoms with Gasteiger partial charge in [0, 0.05) is 47.9 Å². The van der Waals surface area contributed by atoms with E-state index in [1.165, 1.54) is 6.92 Å². The van der Waals surface area contributed by atoms with Gasteiger partial charge in [-0.05, 0) is 58.7 Å². The van der Waals surface area contributed by atoms with Crippen LogP contribution in [0.4, 0.5) is 20.8 Å². The molecule has 2 aromatic carbocycles. The lowest BCUT2D eigenvalue weighted by molar-refractivity contribution is 0.0206. The quantitative estimate of drug-likeness (QED) is 0.250. The molecule has 1 atom stereocenters. The number of nitrogens with one attached hydrogen (secondary N) is 2. The van der Waals surface area contributed by atoms with Gasteiger partial charge < -0.3 is 19.7 Å². The van der Waals surface area contributed by atoms with Crippen molar-refractivity contribution in [3.8, 4) is 22.9 Å². The Bertz CT molecular complexity index is 1810. The Balaban J connectivity index is 1.43. The van der Waals surface area contributed by atoms with Crippen molar-refractivity contribution < 1.29 is 27.1 Å². The first kappa shape index (κ1) is 30.9. The molecule has 0 saturated carbocycles. The van der Waals surface area contributed by atoms with E-state index in [1.807, 2.05) is 20.8 Å². The third kappa shape index (κ3) is 7.16. The SMILES string of the molecule is Cc1c(F)c(NS(C)(=O)=O)c2ccccc2c1Oc1ncccc1-c1ccnc(N[C@H]2CCCN(C(=O)OC(C)(C)C)C2)n1. The maximum atomic E-state index is 15.6. The zero-order chi connectivity index (χ0) is 31.6. The summed E-state index contributed by atoms with van der Waals surface area (Å²) in [5, 5.41) is 4.18. The molecule has 0 bridgehead atoms. The molecule has 2 N–H and O–H groups in total. The molecular weight excluding hydrogens is 587 g/mol. The predicted molar refractivity (Wildman–Crippen MR) is 167 cm³/mol. The molecule has 0 unspecified atom stereocenters. The van der Waals surface area contributed by atoms with E-state index in [0.29, 0.717) is 41.1 Å². The van der Waals surface area contributed by atoms with Crippen molar-refractivity contribution >= 4 is 38.5 Å². The number of anilines is 2. The molecule has 0 radical (unpaired) electrons. The van der Waals surface area contributed by atoms with Crippen molar-refractivity contribution in [2.75, 3.05) is 29.4 Å². The number of rotatable bonds is 7. The molecule has 3 heterocycles. The van der Waals surface area contributed by atoms with Gasteiger partial charge in [0.05, 0.1) is 23.2 Å². The zero-order valence-corrected chi connectivity index (χ0v) is 26.0. The van der Waals surface area contributed by atoms with Crippen LogP contribution in [-0.2, 0) is 14.8 Å². The van der Waals surface area contributed by atoms with Crippen LogP contribution < -0.4 is 14.8 Å². The Morgan fingerprint density at radius 3 is 2.55 bits per heavy atom. The molecule has 11 nitrogen and oxygen atoms in total. The Kier molecular flexibility index (Phi) is 8.60. The van der Waals surface area contributed by atoms with E-state index in [9.17, 15) is 13.2 Å². The summed E-state index contributed by atoms with van der Waals surface area (Å²) in [7, 11) is -3.74. The highest BCUT2D eigenvalue weighted by molar-refractivity contribution is 7.92. The standard InChI is InChI=1S/C31H35FN6O5S/c1-19-25(32)26(37-44(5,40)41)21-11-6-7-12-22(21)27(19)42-28-23(13-8-15-33-28)24-14-16-34-29(36-24)35-20-10-9-17-38(18-20)30(39)43-31(2,3)4/h6-8,11-16,20,37H,9-10,17-18H2,1-5H3,(H,34,35,36)/t20-/m0/s1. The smallest absolute Gasteiger partial charge is 0.410 e. The molecule has 1 amide bonds. The highest BCUT2D eigenvalue weighted by Crippen LogP contribution is 2.41. The summed E-state index contributed by atoms with van der Waals surface area (Å²) in [6.45, 7) is 8.10. The van der Waals surface area contributed by atoms with Gasteiger partial charge >= 0.3 is 6.09 Å². The summed E-state index contributed by atoms with van der Waals surface area (Å²) < 4.78 is 53.7. The second-order valence-corrected chi connectivity index (χ2v) is 13.4. The van der Waals surface area contributed by atoms with E-state index >= 15 is 4.39 Å². The number of amides is 1. The first-order valence-electron chi connectivity index (χ1n) is 14.2. The second kappa shape index (κ2) is 12.2. The number of piperidine rings is 1. The van der Waals surface area contributed by atoms with Gasteiger partial charge in [-0.2, -0.15) is 0 Å². The van der Waals surface area contributed by atoms with Gasteiger partial charge in [0.25, 0.3) is 0 Å². The number of sulfonamides is 1. The van der Waals surface area contributed by atoms with Crippen LogP contribution in [0.5, 0.6) is 11.6 Å². The maximum absolute atomic E-state index is 15.6. The van der Waals surface area contributed by atoms with Gasteiger partial charge in [-0.3, -0.25) is 4.72 Å². The van der Waals surface area contributed by atoms with E-state index in [4.69, 9.17) is 14.5 Å². The largest absolute Gasteiger partial charge is 0.444 e. The van der Waals surface area contributed by atoms with Crippen molar-refractivity contribution in [3.05, 3.63) is 66.2 Å². The third-order valence-corrected chi connectivity index (χ3v) is 7.50. The molecule has 0 aliphatic carbocycles. The minimum Gasteiger partial charge on any atom is -0.444 e. The molecule has 4 aromatic rings. The van der Waals surface area contributed by atoms with E-state index in [0.717, 1.165) is 19.1 Å². The molecule has 44 heavy (non-hydrogen) atoms. The van der Waals surface area contributed by atoms with Gasteiger partial charge in [-0.25, -0.2) is 32.6 Å². The number of fused-ring (bicyclic) bond motifs is 1. The van der Waals surface area contributed by atoms with Gasteiger partial charge in [0.1, 0.15) is 11.4 Å². The van der Waals surface area contributed by atoms with Crippen LogP contribution >= 0.6 is 0 Å². The Morgan fingerprint density at radius 1 is 1.07 bits per heavy atom. The molecule has 5 rings (SSSR count). The summed E-state index contributed by atoms with van der Waals surface area (Å²) >= 11 is 0. The van der Waals surface area contributed by atoms with Gasteiger partial charge in [-0.15, -0.1) is 0 Å². The predicted octanol–water partition coefficient (Wildman–Crippen LogP) is 6.11. The van der Waals surface area contributed by atoms with Crippen molar-refractivity contribution in [2.45, 2.75) is 52.2 Å². The van der Waals surface area contributed by atoms with Crippen molar-refractivity contribution in [3.63, 3.8) is 0 Å². The van der Waals surface area contributed by atoms with Crippen LogP contribution in [0.3, 0.4) is 0 Å². The topological polar surface area (TPSA) is 136 Å². The van der Waals surface area contributed by atoms with Gasteiger partial charge in [-0.1, -0.05) is 24.3 Å². The first-order chi connectivity index (χ1) is 20.8. The summed E-state index contributed by atoms with van der Waals surface area (Å²) in [4.78, 5) is 27.8. The fraction of sp³-hybridized carbons (Fsp3) is 0.355. The number of benzene rings is 2. The molecule has 1 saturated heterocycles. The number of pyridine rings is 1. The molecular formula is C31H35FN6O5S. The Hall–Kier alpha value is -4.52. The average molecular weight is 623 g/mol. The van der Waals surface area contributed by atoms with Crippen LogP contribution in [-0.4, -0.2) is 65.4 Å². The van der Waals surface area contributed by atoms with Gasteiger partial charge in [0.2, 0.25) is 21.9 Å². The van der Waals surface area contributed by atoms with Crippen LogP contribution in [0.25, 0.3) is 22.0 Å². The monoisotopic (exact) mass is 622 g/mol. The average Bonchev–Trinajstić information content (AvgIpc) is 2.97. The zero-order valence-electron chi connectivity index (χ0n) is 25.2. The van der Waals surface area contributed by atoms with E-state index in [1.54, 1.807) is 59.8 Å². The molecule has 1 aliphatic heterocycles.